The van der Waals surface area contributed by atoms with Crippen LogP contribution in [0.15, 0.2) is 29.8 Å². The minimum Gasteiger partial charge on any atom is -0.395 e. The fourth-order valence-electron chi connectivity index (χ4n) is 4.60. The number of aliphatic hydroxyl groups is 1. The molecule has 0 spiro atoms. The number of hydrogen-bond donors (Lipinski definition) is 3. The van der Waals surface area contributed by atoms with Crippen LogP contribution in [0.25, 0.3) is 16.6 Å². The highest BCUT2D eigenvalue weighted by Crippen LogP contribution is 2.36. The predicted molar refractivity (Wildman–Crippen MR) is 108 cm³/mol. The quantitative estimate of drug-likeness (QED) is 0.656. The Labute approximate surface area is 160 Å². The van der Waals surface area contributed by atoms with Gasteiger partial charge >= 0.3 is 0 Å². The number of rotatable bonds is 7. The Morgan fingerprint density at radius 2 is 2.11 bits per heavy atom. The van der Waals surface area contributed by atoms with Crippen LogP contribution in [0, 0.1) is 0 Å². The minimum atomic E-state index is 0.257. The first-order chi connectivity index (χ1) is 13.3. The zero-order valence-electron chi connectivity index (χ0n) is 16.1. The van der Waals surface area contributed by atoms with Crippen molar-refractivity contribution in [2.24, 2.45) is 5.10 Å². The second-order valence-electron chi connectivity index (χ2n) is 7.68. The number of aliphatic hydroxyl groups excluding tert-OH is 1. The van der Waals surface area contributed by atoms with Crippen LogP contribution in [-0.2, 0) is 0 Å². The van der Waals surface area contributed by atoms with Gasteiger partial charge in [0, 0.05) is 35.9 Å². The number of quaternary nitrogens is 1. The first-order valence-electron chi connectivity index (χ1n) is 10.2. The van der Waals surface area contributed by atoms with Crippen molar-refractivity contribution in [1.29, 1.82) is 0 Å². The molecule has 0 radical (unpaired) electrons. The number of aromatic amines is 1. The van der Waals surface area contributed by atoms with Gasteiger partial charge in [0.1, 0.15) is 11.8 Å². The van der Waals surface area contributed by atoms with Crippen molar-refractivity contribution in [2.75, 3.05) is 19.7 Å². The molecule has 2 aliphatic rings. The average Bonchev–Trinajstić information content (AvgIpc) is 3.37. The Morgan fingerprint density at radius 3 is 2.81 bits per heavy atom. The number of H-pyrrole nitrogens is 1. The molecule has 1 saturated carbocycles. The summed E-state index contributed by atoms with van der Waals surface area (Å²) in [5, 5.41) is 14.7. The van der Waals surface area contributed by atoms with Crippen LogP contribution in [0.4, 0.5) is 0 Å². The molecule has 1 fully saturated rings. The number of nitrogens with zero attached hydrogens (tertiary/aromatic N) is 3. The van der Waals surface area contributed by atoms with Gasteiger partial charge in [-0.2, -0.15) is 5.43 Å². The summed E-state index contributed by atoms with van der Waals surface area (Å²) in [4.78, 5) is 10.4. The second-order valence-corrected chi connectivity index (χ2v) is 7.68. The molecule has 0 saturated heterocycles. The number of hydrogen-bond acceptors (Lipinski definition) is 4. The second kappa shape index (κ2) is 8.33. The molecule has 0 amide bonds. The molecule has 3 heterocycles. The van der Waals surface area contributed by atoms with Crippen LogP contribution in [0.1, 0.15) is 56.1 Å². The maximum atomic E-state index is 9.35. The molecule has 4 rings (SSSR count). The molecule has 27 heavy (non-hydrogen) atoms. The maximum Gasteiger partial charge on any atom is 0.137 e. The van der Waals surface area contributed by atoms with Crippen LogP contribution in [-0.4, -0.2) is 51.9 Å². The lowest BCUT2D eigenvalue weighted by Crippen LogP contribution is -2.69. The smallest absolute Gasteiger partial charge is 0.137 e. The van der Waals surface area contributed by atoms with E-state index in [1.165, 1.54) is 42.2 Å². The van der Waals surface area contributed by atoms with Crippen molar-refractivity contribution in [3.05, 3.63) is 35.8 Å². The van der Waals surface area contributed by atoms with Crippen LogP contribution in [0.5, 0.6) is 0 Å². The minimum absolute atomic E-state index is 0.257. The molecule has 0 bridgehead atoms. The molecule has 2 aromatic rings. The molecule has 4 N–H and O–H groups in total. The Bertz CT molecular complexity index is 826. The third-order valence-electron chi connectivity index (χ3n) is 6.00. The van der Waals surface area contributed by atoms with Gasteiger partial charge in [-0.1, -0.05) is 12.0 Å². The van der Waals surface area contributed by atoms with Gasteiger partial charge in [-0.05, 0) is 56.2 Å². The van der Waals surface area contributed by atoms with Crippen molar-refractivity contribution in [3.63, 3.8) is 0 Å². The molecular weight excluding hydrogens is 338 g/mol. The number of allylic oxidation sites excluding steroid dienone is 1. The normalized spacial score (nSPS) is 22.7. The molecule has 144 valence electrons. The first kappa shape index (κ1) is 18.3. The van der Waals surface area contributed by atoms with Gasteiger partial charge in [0.15, 0.2) is 0 Å². The summed E-state index contributed by atoms with van der Waals surface area (Å²) in [5.41, 5.74) is 6.46. The first-order valence-corrected chi connectivity index (χ1v) is 10.2. The van der Waals surface area contributed by atoms with E-state index in [0.717, 1.165) is 30.7 Å². The molecule has 2 aromatic heterocycles. The van der Waals surface area contributed by atoms with Crippen LogP contribution in [0.2, 0.25) is 0 Å². The Balaban J connectivity index is 1.49. The van der Waals surface area contributed by atoms with Crippen molar-refractivity contribution in [3.8, 4) is 0 Å². The van der Waals surface area contributed by atoms with Crippen molar-refractivity contribution < 1.29 is 10.5 Å². The summed E-state index contributed by atoms with van der Waals surface area (Å²) < 4.78 is 0. The predicted octanol–water partition coefficient (Wildman–Crippen LogP) is 2.20. The monoisotopic (exact) mass is 368 g/mol. The van der Waals surface area contributed by atoms with Gasteiger partial charge in [0.25, 0.3) is 0 Å². The lowest BCUT2D eigenvalue weighted by Gasteiger charge is -2.36. The molecule has 0 atom stereocenters. The zero-order chi connectivity index (χ0) is 18.6. The van der Waals surface area contributed by atoms with Crippen LogP contribution < -0.4 is 5.43 Å². The van der Waals surface area contributed by atoms with Crippen molar-refractivity contribution in [2.45, 2.75) is 51.0 Å². The Hall–Kier alpha value is -2.02. The maximum absolute atomic E-state index is 9.35. The van der Waals surface area contributed by atoms with E-state index in [2.05, 4.69) is 33.0 Å². The summed E-state index contributed by atoms with van der Waals surface area (Å²) in [7, 11) is 0. The van der Waals surface area contributed by atoms with Crippen molar-refractivity contribution in [1.82, 2.24) is 14.9 Å². The molecular formula is C21H30N5O+. The van der Waals surface area contributed by atoms with Gasteiger partial charge < -0.3 is 10.1 Å². The third kappa shape index (κ3) is 3.83. The van der Waals surface area contributed by atoms with E-state index in [4.69, 9.17) is 0 Å². The van der Waals surface area contributed by atoms with E-state index >= 15 is 0 Å². The number of nitrogens with one attached hydrogen (secondary N) is 1. The van der Waals surface area contributed by atoms with Crippen molar-refractivity contribution >= 4 is 22.8 Å². The lowest BCUT2D eigenvalue weighted by molar-refractivity contribution is -0.589. The lowest BCUT2D eigenvalue weighted by atomic mass is 9.81. The summed E-state index contributed by atoms with van der Waals surface area (Å²) in [6, 6.07) is 2.94. The summed E-state index contributed by atoms with van der Waals surface area (Å²) in [6.45, 7) is 4.36. The van der Waals surface area contributed by atoms with E-state index in [1.807, 2.05) is 30.2 Å². The third-order valence-corrected chi connectivity index (χ3v) is 6.00. The number of pyridine rings is 1. The number of fused-ring (bicyclic) bond motifs is 1. The van der Waals surface area contributed by atoms with Crippen LogP contribution in [0.3, 0.4) is 0 Å². The zero-order valence-corrected chi connectivity index (χ0v) is 16.1. The molecule has 1 aliphatic heterocycles. The van der Waals surface area contributed by atoms with Gasteiger partial charge in [-0.3, -0.25) is 4.90 Å². The molecule has 6 heteroatoms. The number of nitrogens with two attached hydrogens (primary N) is 1. The molecule has 0 aromatic carbocycles. The molecule has 1 aliphatic carbocycles. The van der Waals surface area contributed by atoms with Gasteiger partial charge in [0.05, 0.1) is 18.4 Å². The summed E-state index contributed by atoms with van der Waals surface area (Å²) in [6.07, 6.45) is 14.0. The highest BCUT2D eigenvalue weighted by Gasteiger charge is 2.26. The average molecular weight is 369 g/mol. The summed E-state index contributed by atoms with van der Waals surface area (Å²) in [5.74, 6) is 0.580. The highest BCUT2D eigenvalue weighted by atomic mass is 16.3. The molecule has 6 nitrogen and oxygen atoms in total. The largest absolute Gasteiger partial charge is 0.395 e. The SMILES string of the molecule is CCCN(CCO)C1CCC(c2cnc3[nH]cc(C4=C[NH2+]N=C4)c3c2)CC1. The van der Waals surface area contributed by atoms with Gasteiger partial charge in [0.2, 0.25) is 0 Å². The van der Waals surface area contributed by atoms with E-state index < -0.39 is 0 Å². The topological polar surface area (TPSA) is 81.1 Å². The highest BCUT2D eigenvalue weighted by molar-refractivity contribution is 6.14. The summed E-state index contributed by atoms with van der Waals surface area (Å²) >= 11 is 0. The van der Waals surface area contributed by atoms with E-state index in [1.54, 1.807) is 0 Å². The fraction of sp³-hybridized carbons (Fsp3) is 0.524. The molecule has 0 unspecified atom stereocenters. The van der Waals surface area contributed by atoms with E-state index in [9.17, 15) is 5.11 Å². The fourth-order valence-corrected chi connectivity index (χ4v) is 4.60. The van der Waals surface area contributed by atoms with E-state index in [0.29, 0.717) is 12.0 Å². The number of aromatic nitrogens is 2. The van der Waals surface area contributed by atoms with E-state index in [-0.39, 0.29) is 6.61 Å². The van der Waals surface area contributed by atoms with Crippen LogP contribution >= 0.6 is 0 Å². The Morgan fingerprint density at radius 1 is 1.26 bits per heavy atom. The standard InChI is InChI=1S/C21H29N5O/c1-2-7-26(8-9-27)18-5-3-15(4-6-18)16-10-19-20(17-12-24-25-13-17)14-23-21(19)22-11-16/h10-15,18,27H,2-9H2,1H3,(H,22,23)(H,24,25)/p+1. The van der Waals surface area contributed by atoms with Gasteiger partial charge in [-0.25, -0.2) is 4.98 Å². The Kier molecular flexibility index (Phi) is 5.66. The van der Waals surface area contributed by atoms with Gasteiger partial charge in [-0.15, -0.1) is 0 Å².